The van der Waals surface area contributed by atoms with Crippen LogP contribution in [0, 0.1) is 0 Å². The molecule has 0 heterocycles. The molecule has 0 spiro atoms. The Morgan fingerprint density at radius 1 is 1.44 bits per heavy atom. The van der Waals surface area contributed by atoms with Gasteiger partial charge in [-0.3, -0.25) is 4.79 Å². The fraction of sp³-hybridized carbons (Fsp3) is 0.417. The number of halogens is 1. The molecule has 1 amide bonds. The number of benzene rings is 1. The van der Waals surface area contributed by atoms with Crippen LogP contribution < -0.4 is 5.32 Å². The van der Waals surface area contributed by atoms with Crippen molar-refractivity contribution in [1.82, 2.24) is 5.32 Å². The zero-order valence-corrected chi connectivity index (χ0v) is 11.0. The van der Waals surface area contributed by atoms with Gasteiger partial charge >= 0.3 is 0 Å². The van der Waals surface area contributed by atoms with E-state index in [0.717, 1.165) is 10.0 Å². The van der Waals surface area contributed by atoms with E-state index in [0.29, 0.717) is 6.42 Å². The van der Waals surface area contributed by atoms with Crippen LogP contribution in [0.5, 0.6) is 0 Å². The third kappa shape index (κ3) is 3.61. The predicted octanol–water partition coefficient (Wildman–Crippen LogP) is 2.40. The number of nitrogens with one attached hydrogen (secondary N) is 1. The van der Waals surface area contributed by atoms with Crippen molar-refractivity contribution in [2.24, 2.45) is 0 Å². The molecule has 1 aromatic carbocycles. The minimum atomic E-state index is -0.677. The second-order valence-electron chi connectivity index (χ2n) is 3.71. The van der Waals surface area contributed by atoms with Gasteiger partial charge in [-0.1, -0.05) is 35.0 Å². The third-order valence-electron chi connectivity index (χ3n) is 2.39. The fourth-order valence-corrected chi connectivity index (χ4v) is 1.65. The molecule has 0 aliphatic rings. The van der Waals surface area contributed by atoms with Crippen LogP contribution in [0.4, 0.5) is 0 Å². The van der Waals surface area contributed by atoms with E-state index in [4.69, 9.17) is 0 Å². The van der Waals surface area contributed by atoms with Crippen LogP contribution in [0.25, 0.3) is 0 Å². The summed E-state index contributed by atoms with van der Waals surface area (Å²) in [5, 5.41) is 12.7. The largest absolute Gasteiger partial charge is 0.386 e. The molecule has 0 bridgehead atoms. The Kier molecular flexibility index (Phi) is 4.96. The summed E-state index contributed by atoms with van der Waals surface area (Å²) in [6, 6.07) is 7.13. The van der Waals surface area contributed by atoms with Crippen molar-refractivity contribution in [1.29, 1.82) is 0 Å². The number of hydrogen-bond donors (Lipinski definition) is 2. The summed E-state index contributed by atoms with van der Waals surface area (Å²) >= 11 is 3.33. The van der Waals surface area contributed by atoms with Gasteiger partial charge in [0.05, 0.1) is 12.1 Å². The van der Waals surface area contributed by atoms with Crippen molar-refractivity contribution < 1.29 is 9.90 Å². The minimum Gasteiger partial charge on any atom is -0.386 e. The molecule has 0 saturated heterocycles. The Morgan fingerprint density at radius 3 is 2.50 bits per heavy atom. The van der Waals surface area contributed by atoms with E-state index in [1.807, 2.05) is 24.3 Å². The topological polar surface area (TPSA) is 49.3 Å². The van der Waals surface area contributed by atoms with Crippen LogP contribution >= 0.6 is 15.9 Å². The molecule has 0 saturated carbocycles. The second-order valence-corrected chi connectivity index (χ2v) is 4.62. The van der Waals surface area contributed by atoms with Crippen molar-refractivity contribution in [3.05, 3.63) is 34.3 Å². The number of rotatable bonds is 4. The first-order valence-electron chi connectivity index (χ1n) is 5.27. The second kappa shape index (κ2) is 6.01. The Morgan fingerprint density at radius 2 is 2.00 bits per heavy atom. The first-order chi connectivity index (χ1) is 7.54. The van der Waals surface area contributed by atoms with Gasteiger partial charge in [0.15, 0.2) is 0 Å². The maximum Gasteiger partial charge on any atom is 0.220 e. The SMILES string of the molecule is CCC(=O)NC(C)C(O)c1ccc(Br)cc1. The highest BCUT2D eigenvalue weighted by atomic mass is 79.9. The van der Waals surface area contributed by atoms with Crippen molar-refractivity contribution in [2.45, 2.75) is 32.4 Å². The van der Waals surface area contributed by atoms with Gasteiger partial charge in [0.25, 0.3) is 0 Å². The summed E-state index contributed by atoms with van der Waals surface area (Å²) < 4.78 is 0.966. The summed E-state index contributed by atoms with van der Waals surface area (Å²) in [6.07, 6.45) is -0.249. The average Bonchev–Trinajstić information content (AvgIpc) is 2.28. The lowest BCUT2D eigenvalue weighted by Crippen LogP contribution is -2.36. The van der Waals surface area contributed by atoms with Gasteiger partial charge < -0.3 is 10.4 Å². The lowest BCUT2D eigenvalue weighted by Gasteiger charge is -2.20. The molecule has 2 atom stereocenters. The van der Waals surface area contributed by atoms with Crippen LogP contribution in [-0.4, -0.2) is 17.1 Å². The van der Waals surface area contributed by atoms with Gasteiger partial charge in [-0.05, 0) is 24.6 Å². The van der Waals surface area contributed by atoms with Gasteiger partial charge in [0.1, 0.15) is 0 Å². The van der Waals surface area contributed by atoms with Crippen molar-refractivity contribution >= 4 is 21.8 Å². The summed E-state index contributed by atoms with van der Waals surface area (Å²) in [5.41, 5.74) is 0.798. The summed E-state index contributed by atoms with van der Waals surface area (Å²) in [7, 11) is 0. The molecule has 4 heteroatoms. The molecule has 16 heavy (non-hydrogen) atoms. The number of carbonyl (C=O) groups excluding carboxylic acids is 1. The zero-order chi connectivity index (χ0) is 12.1. The van der Waals surface area contributed by atoms with Crippen molar-refractivity contribution in [3.8, 4) is 0 Å². The van der Waals surface area contributed by atoms with E-state index < -0.39 is 6.10 Å². The van der Waals surface area contributed by atoms with Crippen molar-refractivity contribution in [3.63, 3.8) is 0 Å². The van der Waals surface area contributed by atoms with E-state index in [2.05, 4.69) is 21.2 Å². The summed E-state index contributed by atoms with van der Waals surface area (Å²) in [6.45, 7) is 3.58. The molecule has 2 N–H and O–H groups in total. The Hall–Kier alpha value is -0.870. The van der Waals surface area contributed by atoms with Gasteiger partial charge in [0.2, 0.25) is 5.91 Å². The van der Waals surface area contributed by atoms with E-state index >= 15 is 0 Å². The molecular formula is C12H16BrNO2. The smallest absolute Gasteiger partial charge is 0.220 e. The first-order valence-corrected chi connectivity index (χ1v) is 6.06. The van der Waals surface area contributed by atoms with Crippen LogP contribution in [0.2, 0.25) is 0 Å². The Bertz CT molecular complexity index is 351. The minimum absolute atomic E-state index is 0.0522. The maximum atomic E-state index is 11.2. The summed E-state index contributed by atoms with van der Waals surface area (Å²) in [5.74, 6) is -0.0522. The molecule has 0 aliphatic heterocycles. The van der Waals surface area contributed by atoms with E-state index in [-0.39, 0.29) is 11.9 Å². The van der Waals surface area contributed by atoms with E-state index in [9.17, 15) is 9.90 Å². The molecule has 0 fully saturated rings. The molecule has 1 aromatic rings. The van der Waals surface area contributed by atoms with Gasteiger partial charge in [-0.25, -0.2) is 0 Å². The number of aliphatic hydroxyl groups is 1. The summed E-state index contributed by atoms with van der Waals surface area (Å²) in [4.78, 5) is 11.2. The first kappa shape index (κ1) is 13.2. The van der Waals surface area contributed by atoms with Crippen LogP contribution in [0.3, 0.4) is 0 Å². The van der Waals surface area contributed by atoms with Gasteiger partial charge in [0, 0.05) is 10.9 Å². The predicted molar refractivity (Wildman–Crippen MR) is 67.0 cm³/mol. The lowest BCUT2D eigenvalue weighted by molar-refractivity contribution is -0.122. The normalized spacial score (nSPS) is 14.2. The van der Waals surface area contributed by atoms with Gasteiger partial charge in [-0.15, -0.1) is 0 Å². The van der Waals surface area contributed by atoms with Gasteiger partial charge in [-0.2, -0.15) is 0 Å². The number of hydrogen-bond acceptors (Lipinski definition) is 2. The number of carbonyl (C=O) groups is 1. The fourth-order valence-electron chi connectivity index (χ4n) is 1.38. The number of amides is 1. The van der Waals surface area contributed by atoms with Crippen LogP contribution in [0.1, 0.15) is 31.9 Å². The molecular weight excluding hydrogens is 270 g/mol. The van der Waals surface area contributed by atoms with E-state index in [1.54, 1.807) is 13.8 Å². The molecule has 88 valence electrons. The average molecular weight is 286 g/mol. The lowest BCUT2D eigenvalue weighted by atomic mass is 10.0. The molecule has 0 aliphatic carbocycles. The highest BCUT2D eigenvalue weighted by molar-refractivity contribution is 9.10. The molecule has 0 radical (unpaired) electrons. The molecule has 0 aromatic heterocycles. The highest BCUT2D eigenvalue weighted by Crippen LogP contribution is 2.19. The molecule has 3 nitrogen and oxygen atoms in total. The third-order valence-corrected chi connectivity index (χ3v) is 2.92. The Balaban J connectivity index is 2.66. The standard InChI is InChI=1S/C12H16BrNO2/c1-3-11(15)14-8(2)12(16)9-4-6-10(13)7-5-9/h4-8,12,16H,3H2,1-2H3,(H,14,15). The maximum absolute atomic E-state index is 11.2. The number of aliphatic hydroxyl groups excluding tert-OH is 1. The quantitative estimate of drug-likeness (QED) is 0.893. The Labute approximate surface area is 104 Å². The molecule has 2 unspecified atom stereocenters. The zero-order valence-electron chi connectivity index (χ0n) is 9.40. The van der Waals surface area contributed by atoms with Crippen LogP contribution in [-0.2, 0) is 4.79 Å². The monoisotopic (exact) mass is 285 g/mol. The van der Waals surface area contributed by atoms with Crippen molar-refractivity contribution in [2.75, 3.05) is 0 Å². The van der Waals surface area contributed by atoms with Crippen LogP contribution in [0.15, 0.2) is 28.7 Å². The highest BCUT2D eigenvalue weighted by Gasteiger charge is 2.17. The van der Waals surface area contributed by atoms with E-state index in [1.165, 1.54) is 0 Å². The molecule has 1 rings (SSSR count).